The van der Waals surface area contributed by atoms with Gasteiger partial charge in [-0.2, -0.15) is 0 Å². The van der Waals surface area contributed by atoms with E-state index >= 15 is 0 Å². The molecule has 0 bridgehead atoms. The van der Waals surface area contributed by atoms with E-state index in [0.29, 0.717) is 0 Å². The molecular formula is C68H66BN3OS. The summed E-state index contributed by atoms with van der Waals surface area (Å²) < 4.78 is 9.69. The summed E-state index contributed by atoms with van der Waals surface area (Å²) in [6.45, 7) is 26.4. The van der Waals surface area contributed by atoms with Crippen molar-refractivity contribution in [3.63, 3.8) is 0 Å². The molecule has 6 heteroatoms. The number of para-hydroxylation sites is 2. The number of anilines is 8. The summed E-state index contributed by atoms with van der Waals surface area (Å²) in [4.78, 5) is 8.09. The van der Waals surface area contributed by atoms with Crippen molar-refractivity contribution in [2.75, 3.05) is 14.7 Å². The van der Waals surface area contributed by atoms with Crippen molar-refractivity contribution in [2.24, 2.45) is 0 Å². The highest BCUT2D eigenvalue weighted by Crippen LogP contribution is 2.62. The van der Waals surface area contributed by atoms with Crippen LogP contribution < -0.4 is 31.1 Å². The van der Waals surface area contributed by atoms with Crippen LogP contribution in [-0.2, 0) is 21.7 Å². The van der Waals surface area contributed by atoms with Crippen LogP contribution in [0.3, 0.4) is 0 Å². The van der Waals surface area contributed by atoms with E-state index in [4.69, 9.17) is 4.42 Å². The first-order chi connectivity index (χ1) is 35.3. The molecule has 368 valence electrons. The second-order valence-electron chi connectivity index (χ2n) is 25.7. The number of hydrogen-bond donors (Lipinski definition) is 0. The normalized spacial score (nSPS) is 19.3. The first-order valence-corrected chi connectivity index (χ1v) is 28.0. The topological polar surface area (TPSA) is 22.9 Å². The van der Waals surface area contributed by atoms with E-state index in [2.05, 4.69) is 243 Å². The Labute approximate surface area is 441 Å². The van der Waals surface area contributed by atoms with Gasteiger partial charge in [0.2, 0.25) is 0 Å². The van der Waals surface area contributed by atoms with Gasteiger partial charge in [0.05, 0.1) is 21.6 Å². The van der Waals surface area contributed by atoms with E-state index in [0.717, 1.165) is 40.5 Å². The largest absolute Gasteiger partial charge is 0.454 e. The van der Waals surface area contributed by atoms with Crippen molar-refractivity contribution < 1.29 is 4.42 Å². The van der Waals surface area contributed by atoms with Crippen LogP contribution in [0.4, 0.5) is 45.5 Å². The fraction of sp³-hybridized carbons (Fsp3) is 0.294. The molecule has 0 N–H and O–H groups in total. The molecule has 14 rings (SSSR count). The van der Waals surface area contributed by atoms with Gasteiger partial charge in [-0.15, -0.1) is 11.3 Å². The molecule has 4 aliphatic rings. The minimum Gasteiger partial charge on any atom is -0.454 e. The number of benzene rings is 8. The maximum absolute atomic E-state index is 7.07. The maximum Gasteiger partial charge on any atom is 0.252 e. The van der Waals surface area contributed by atoms with Crippen molar-refractivity contribution in [3.8, 4) is 0 Å². The predicted octanol–water partition coefficient (Wildman–Crippen LogP) is 17.7. The van der Waals surface area contributed by atoms with Crippen LogP contribution in [0.1, 0.15) is 124 Å². The number of fused-ring (bicyclic) bond motifs is 13. The van der Waals surface area contributed by atoms with Crippen LogP contribution in [0.15, 0.2) is 156 Å². The van der Waals surface area contributed by atoms with Gasteiger partial charge in [0.15, 0.2) is 5.58 Å². The van der Waals surface area contributed by atoms with E-state index in [9.17, 15) is 0 Å². The smallest absolute Gasteiger partial charge is 0.252 e. The zero-order chi connectivity index (χ0) is 51.0. The predicted molar refractivity (Wildman–Crippen MR) is 320 cm³/mol. The fourth-order valence-corrected chi connectivity index (χ4v) is 15.2. The standard InChI is InChI=1S/C68H66BN3OS/c1-64(2,3)41-28-31-52-49(36-41)67(10)34-16-17-35-68(67,11)72(52)44-39-57-61-58(40-44)71(56-25-19-23-48-46-21-13-15-27-60(46)74-63(48)56)54-33-30-43(66(7,8)9)38-51(54)69(61)50-37-42(65(4,5)6)29-32-53(50)70(57)55-24-18-22-47-45-20-12-14-26-59(45)73-62(47)55/h12-15,18-33,36-40H,16-17,34-35H2,1-11H3. The summed E-state index contributed by atoms with van der Waals surface area (Å²) in [6, 6.07) is 58.8. The molecule has 2 atom stereocenters. The zero-order valence-corrected chi connectivity index (χ0v) is 45.8. The number of thiophene rings is 1. The molecule has 3 aliphatic heterocycles. The van der Waals surface area contributed by atoms with E-state index in [-0.39, 0.29) is 33.9 Å². The third-order valence-corrected chi connectivity index (χ3v) is 19.5. The quantitative estimate of drug-likeness (QED) is 0.165. The van der Waals surface area contributed by atoms with Crippen molar-refractivity contribution in [2.45, 2.75) is 129 Å². The average Bonchev–Trinajstić information content (AvgIpc) is 4.04. The lowest BCUT2D eigenvalue weighted by Gasteiger charge is -2.51. The molecule has 1 saturated carbocycles. The molecule has 5 heterocycles. The lowest BCUT2D eigenvalue weighted by molar-refractivity contribution is 0.195. The summed E-state index contributed by atoms with van der Waals surface area (Å²) in [5.74, 6) is 0. The Balaban J connectivity index is 1.15. The van der Waals surface area contributed by atoms with Crippen molar-refractivity contribution in [3.05, 3.63) is 174 Å². The van der Waals surface area contributed by atoms with Gasteiger partial charge in [0.1, 0.15) is 5.58 Å². The van der Waals surface area contributed by atoms with Gasteiger partial charge in [-0.25, -0.2) is 0 Å². The van der Waals surface area contributed by atoms with Gasteiger partial charge >= 0.3 is 0 Å². The van der Waals surface area contributed by atoms with Crippen molar-refractivity contribution >= 4 is 122 Å². The molecule has 2 aromatic heterocycles. The molecule has 0 radical (unpaired) electrons. The Morgan fingerprint density at radius 2 is 1.03 bits per heavy atom. The van der Waals surface area contributed by atoms with E-state index in [1.165, 1.54) is 111 Å². The lowest BCUT2D eigenvalue weighted by Crippen LogP contribution is -2.62. The van der Waals surface area contributed by atoms with Crippen LogP contribution in [0.5, 0.6) is 0 Å². The average molecular weight is 984 g/mol. The van der Waals surface area contributed by atoms with Gasteiger partial charge in [0.25, 0.3) is 6.71 Å². The monoisotopic (exact) mass is 984 g/mol. The minimum atomic E-state index is -0.174. The van der Waals surface area contributed by atoms with Crippen LogP contribution in [-0.4, -0.2) is 12.3 Å². The Hall–Kier alpha value is -6.76. The summed E-state index contributed by atoms with van der Waals surface area (Å²) in [5.41, 5.74) is 20.8. The van der Waals surface area contributed by atoms with Gasteiger partial charge in [-0.1, -0.05) is 179 Å². The molecule has 74 heavy (non-hydrogen) atoms. The fourth-order valence-electron chi connectivity index (χ4n) is 14.0. The molecule has 1 fully saturated rings. The van der Waals surface area contributed by atoms with Gasteiger partial charge in [-0.05, 0) is 129 Å². The van der Waals surface area contributed by atoms with Gasteiger partial charge in [-0.3, -0.25) is 0 Å². The Kier molecular flexibility index (Phi) is 9.55. The third kappa shape index (κ3) is 6.33. The number of rotatable bonds is 3. The van der Waals surface area contributed by atoms with E-state index < -0.39 is 0 Å². The highest BCUT2D eigenvalue weighted by Gasteiger charge is 2.58. The van der Waals surface area contributed by atoms with E-state index in [1.54, 1.807) is 0 Å². The van der Waals surface area contributed by atoms with Crippen LogP contribution >= 0.6 is 11.3 Å². The van der Waals surface area contributed by atoms with Gasteiger partial charge in [0, 0.05) is 65.8 Å². The minimum absolute atomic E-state index is 0.0294. The summed E-state index contributed by atoms with van der Waals surface area (Å²) >= 11 is 1.92. The molecule has 2 unspecified atom stereocenters. The summed E-state index contributed by atoms with van der Waals surface area (Å²) in [7, 11) is 0. The van der Waals surface area contributed by atoms with Crippen LogP contribution in [0.25, 0.3) is 42.1 Å². The first kappa shape index (κ1) is 45.8. The number of furan rings is 1. The zero-order valence-electron chi connectivity index (χ0n) is 45.0. The lowest BCUT2D eigenvalue weighted by atomic mass is 9.33. The number of hydrogen-bond acceptors (Lipinski definition) is 5. The second kappa shape index (κ2) is 15.4. The molecule has 8 aromatic carbocycles. The highest BCUT2D eigenvalue weighted by atomic mass is 32.1. The van der Waals surface area contributed by atoms with Crippen molar-refractivity contribution in [1.29, 1.82) is 0 Å². The first-order valence-electron chi connectivity index (χ1n) is 27.2. The second-order valence-corrected chi connectivity index (χ2v) is 26.7. The SMILES string of the molecule is CC(C)(C)c1ccc2c(c1)B1c3cc(C(C)(C)C)ccc3N(c3cccc4c3sc3ccccc34)c3cc(N4c5ccc(C(C)(C)C)cc5C5(C)CCCCC45C)cc(c31)N2c1cccc2c1oc1ccccc12. The van der Waals surface area contributed by atoms with Crippen molar-refractivity contribution in [1.82, 2.24) is 0 Å². The molecule has 0 spiro atoms. The summed E-state index contributed by atoms with van der Waals surface area (Å²) in [6.07, 6.45) is 4.71. The maximum atomic E-state index is 7.07. The van der Waals surface area contributed by atoms with Crippen LogP contribution in [0, 0.1) is 0 Å². The Morgan fingerprint density at radius 1 is 0.486 bits per heavy atom. The number of nitrogens with zero attached hydrogens (tertiary/aromatic N) is 3. The molecule has 1 aliphatic carbocycles. The Morgan fingerprint density at radius 3 is 1.69 bits per heavy atom. The summed E-state index contributed by atoms with van der Waals surface area (Å²) in [5, 5.41) is 4.88. The van der Waals surface area contributed by atoms with Crippen LogP contribution in [0.2, 0.25) is 0 Å². The molecule has 0 amide bonds. The third-order valence-electron chi connectivity index (χ3n) is 18.3. The molecule has 10 aromatic rings. The van der Waals surface area contributed by atoms with Gasteiger partial charge < -0.3 is 19.1 Å². The molecule has 4 nitrogen and oxygen atoms in total. The molecule has 0 saturated heterocycles. The van der Waals surface area contributed by atoms with E-state index in [1.807, 2.05) is 11.3 Å². The molecular weight excluding hydrogens is 918 g/mol. The Bertz CT molecular complexity index is 3800. The highest BCUT2D eigenvalue weighted by molar-refractivity contribution is 7.26.